The fourth-order valence-corrected chi connectivity index (χ4v) is 2.11. The lowest BCUT2D eigenvalue weighted by molar-refractivity contribution is -0.129. The third-order valence-corrected chi connectivity index (χ3v) is 3.61. The van der Waals surface area contributed by atoms with Crippen LogP contribution in [0.1, 0.15) is 12.3 Å². The first-order valence-electron chi connectivity index (χ1n) is 7.19. The van der Waals surface area contributed by atoms with E-state index in [0.29, 0.717) is 36.1 Å². The molecule has 2 aromatic rings. The number of rotatable bonds is 7. The van der Waals surface area contributed by atoms with Gasteiger partial charge in [-0.25, -0.2) is 4.98 Å². The van der Waals surface area contributed by atoms with Crippen LogP contribution in [-0.4, -0.2) is 43.0 Å². The topological polar surface area (TPSA) is 58.4 Å². The van der Waals surface area contributed by atoms with Gasteiger partial charge in [-0.15, -0.1) is 0 Å². The molecule has 0 saturated heterocycles. The molecule has 0 atom stereocenters. The Kier molecular flexibility index (Phi) is 5.98. The van der Waals surface area contributed by atoms with E-state index in [2.05, 4.69) is 10.3 Å². The predicted molar refractivity (Wildman–Crippen MR) is 86.8 cm³/mol. The van der Waals surface area contributed by atoms with Gasteiger partial charge < -0.3 is 14.6 Å². The minimum atomic E-state index is 0.0847. The first-order chi connectivity index (χ1) is 10.6. The molecular weight excluding hydrogens is 302 g/mol. The van der Waals surface area contributed by atoms with E-state index in [0.717, 1.165) is 12.1 Å². The molecule has 0 spiro atoms. The van der Waals surface area contributed by atoms with Crippen molar-refractivity contribution >= 4 is 17.5 Å². The number of nitrogens with zero attached hydrogens (tertiary/aromatic N) is 2. The molecule has 0 aliphatic heterocycles. The zero-order valence-electron chi connectivity index (χ0n) is 12.8. The summed E-state index contributed by atoms with van der Waals surface area (Å²) in [6.07, 6.45) is 2.56. The summed E-state index contributed by atoms with van der Waals surface area (Å²) in [7, 11) is 3.66. The largest absolute Gasteiger partial charge is 0.441 e. The maximum absolute atomic E-state index is 12.0. The highest BCUT2D eigenvalue weighted by Gasteiger charge is 2.11. The van der Waals surface area contributed by atoms with Gasteiger partial charge in [0.25, 0.3) is 0 Å². The number of amides is 1. The molecule has 1 aromatic carbocycles. The molecule has 22 heavy (non-hydrogen) atoms. The van der Waals surface area contributed by atoms with Crippen molar-refractivity contribution in [3.63, 3.8) is 0 Å². The second kappa shape index (κ2) is 7.96. The van der Waals surface area contributed by atoms with E-state index in [1.54, 1.807) is 30.3 Å². The van der Waals surface area contributed by atoms with Gasteiger partial charge in [0.1, 0.15) is 0 Å². The molecule has 0 bridgehead atoms. The van der Waals surface area contributed by atoms with Crippen LogP contribution >= 0.6 is 11.6 Å². The fraction of sp³-hybridized carbons (Fsp3) is 0.375. The van der Waals surface area contributed by atoms with E-state index in [-0.39, 0.29) is 5.91 Å². The molecule has 1 heterocycles. The summed E-state index contributed by atoms with van der Waals surface area (Å²) in [4.78, 5) is 17.9. The van der Waals surface area contributed by atoms with Gasteiger partial charge >= 0.3 is 0 Å². The number of oxazole rings is 1. The van der Waals surface area contributed by atoms with E-state index in [1.165, 1.54) is 0 Å². The highest BCUT2D eigenvalue weighted by atomic mass is 35.5. The molecule has 0 saturated carbocycles. The summed E-state index contributed by atoms with van der Waals surface area (Å²) in [5.41, 5.74) is 0.917. The Morgan fingerprint density at radius 2 is 2.09 bits per heavy atom. The molecule has 1 N–H and O–H groups in total. The maximum Gasteiger partial charge on any atom is 0.222 e. The van der Waals surface area contributed by atoms with Gasteiger partial charge in [-0.3, -0.25) is 4.79 Å². The second-order valence-corrected chi connectivity index (χ2v) is 5.48. The summed E-state index contributed by atoms with van der Waals surface area (Å²) in [5, 5.41) is 3.70. The van der Waals surface area contributed by atoms with Gasteiger partial charge in [0.15, 0.2) is 11.7 Å². The zero-order chi connectivity index (χ0) is 15.9. The number of aromatic nitrogens is 1. The van der Waals surface area contributed by atoms with E-state index < -0.39 is 0 Å². The minimum absolute atomic E-state index is 0.0847. The molecule has 0 aliphatic carbocycles. The van der Waals surface area contributed by atoms with Gasteiger partial charge in [0.2, 0.25) is 5.91 Å². The van der Waals surface area contributed by atoms with Crippen LogP contribution in [-0.2, 0) is 11.2 Å². The number of hydrogen-bond donors (Lipinski definition) is 1. The summed E-state index contributed by atoms with van der Waals surface area (Å²) in [5.74, 6) is 1.34. The predicted octanol–water partition coefficient (Wildman–Crippen LogP) is 2.61. The minimum Gasteiger partial charge on any atom is -0.441 e. The van der Waals surface area contributed by atoms with Crippen LogP contribution in [0.2, 0.25) is 5.02 Å². The lowest BCUT2D eigenvalue weighted by Crippen LogP contribution is -2.32. The van der Waals surface area contributed by atoms with Gasteiger partial charge in [-0.1, -0.05) is 11.6 Å². The van der Waals surface area contributed by atoms with E-state index in [1.807, 2.05) is 19.2 Å². The van der Waals surface area contributed by atoms with Crippen LogP contribution < -0.4 is 5.32 Å². The van der Waals surface area contributed by atoms with Crippen LogP contribution in [0.15, 0.2) is 34.9 Å². The number of likely N-dealkylation sites (N-methyl/N-ethyl adjacent to an activating group) is 2. The van der Waals surface area contributed by atoms with Crippen molar-refractivity contribution in [2.75, 3.05) is 27.2 Å². The SMILES string of the molecule is CNCCN(C)C(=O)CCc1ncc(-c2ccc(Cl)cc2)o1. The number of nitrogens with one attached hydrogen (secondary N) is 1. The van der Waals surface area contributed by atoms with Crippen LogP contribution in [0.25, 0.3) is 11.3 Å². The van der Waals surface area contributed by atoms with Crippen molar-refractivity contribution in [1.82, 2.24) is 15.2 Å². The number of benzene rings is 1. The lowest BCUT2D eigenvalue weighted by Gasteiger charge is -2.16. The van der Waals surface area contributed by atoms with Crippen molar-refractivity contribution in [3.05, 3.63) is 41.4 Å². The summed E-state index contributed by atoms with van der Waals surface area (Å²) < 4.78 is 5.68. The average molecular weight is 322 g/mol. The van der Waals surface area contributed by atoms with Crippen molar-refractivity contribution in [2.45, 2.75) is 12.8 Å². The van der Waals surface area contributed by atoms with Crippen molar-refractivity contribution in [3.8, 4) is 11.3 Å². The summed E-state index contributed by atoms with van der Waals surface area (Å²) in [6, 6.07) is 7.37. The number of carbonyl (C=O) groups is 1. The summed E-state index contributed by atoms with van der Waals surface area (Å²) >= 11 is 5.86. The zero-order valence-corrected chi connectivity index (χ0v) is 13.6. The van der Waals surface area contributed by atoms with Crippen molar-refractivity contribution < 1.29 is 9.21 Å². The third-order valence-electron chi connectivity index (χ3n) is 3.36. The number of halogens is 1. The Labute approximate surface area is 135 Å². The lowest BCUT2D eigenvalue weighted by atomic mass is 10.2. The van der Waals surface area contributed by atoms with Gasteiger partial charge in [-0.05, 0) is 31.3 Å². The quantitative estimate of drug-likeness (QED) is 0.851. The molecule has 0 unspecified atom stereocenters. The second-order valence-electron chi connectivity index (χ2n) is 5.04. The number of carbonyl (C=O) groups excluding carboxylic acids is 1. The first kappa shape index (κ1) is 16.5. The van der Waals surface area contributed by atoms with Gasteiger partial charge in [0, 0.05) is 43.6 Å². The molecule has 1 aromatic heterocycles. The van der Waals surface area contributed by atoms with Gasteiger partial charge in [0.05, 0.1) is 6.20 Å². The van der Waals surface area contributed by atoms with Crippen LogP contribution in [0.5, 0.6) is 0 Å². The molecule has 5 nitrogen and oxygen atoms in total. The molecule has 0 fully saturated rings. The molecule has 1 amide bonds. The van der Waals surface area contributed by atoms with Crippen LogP contribution in [0.3, 0.4) is 0 Å². The molecular formula is C16H20ClN3O2. The Morgan fingerprint density at radius 1 is 1.36 bits per heavy atom. The Hall–Kier alpha value is -1.85. The Morgan fingerprint density at radius 3 is 2.77 bits per heavy atom. The molecule has 118 valence electrons. The monoisotopic (exact) mass is 321 g/mol. The van der Waals surface area contributed by atoms with E-state index in [4.69, 9.17) is 16.0 Å². The van der Waals surface area contributed by atoms with E-state index >= 15 is 0 Å². The maximum atomic E-state index is 12.0. The summed E-state index contributed by atoms with van der Waals surface area (Å²) in [6.45, 7) is 1.47. The highest BCUT2D eigenvalue weighted by Crippen LogP contribution is 2.22. The Balaban J connectivity index is 1.89. The number of hydrogen-bond acceptors (Lipinski definition) is 4. The van der Waals surface area contributed by atoms with Crippen LogP contribution in [0, 0.1) is 0 Å². The fourth-order valence-electron chi connectivity index (χ4n) is 1.98. The Bertz CT molecular complexity index is 610. The van der Waals surface area contributed by atoms with Crippen molar-refractivity contribution in [2.24, 2.45) is 0 Å². The van der Waals surface area contributed by atoms with E-state index in [9.17, 15) is 4.79 Å². The highest BCUT2D eigenvalue weighted by molar-refractivity contribution is 6.30. The van der Waals surface area contributed by atoms with Gasteiger partial charge in [-0.2, -0.15) is 0 Å². The average Bonchev–Trinajstić information content (AvgIpc) is 2.99. The smallest absolute Gasteiger partial charge is 0.222 e. The molecule has 0 radical (unpaired) electrons. The number of aryl methyl sites for hydroxylation is 1. The normalized spacial score (nSPS) is 10.7. The standard InChI is InChI=1S/C16H20ClN3O2/c1-18-9-10-20(2)16(21)8-7-15-19-11-14(22-15)12-3-5-13(17)6-4-12/h3-6,11,18H,7-10H2,1-2H3. The molecule has 6 heteroatoms. The molecule has 2 rings (SSSR count). The molecule has 0 aliphatic rings. The van der Waals surface area contributed by atoms with Crippen LogP contribution in [0.4, 0.5) is 0 Å². The van der Waals surface area contributed by atoms with Crippen molar-refractivity contribution in [1.29, 1.82) is 0 Å². The first-order valence-corrected chi connectivity index (χ1v) is 7.57. The third kappa shape index (κ3) is 4.58.